The highest BCUT2D eigenvalue weighted by atomic mass is 35.5. The van der Waals surface area contributed by atoms with Crippen molar-refractivity contribution >= 4 is 43.6 Å². The van der Waals surface area contributed by atoms with E-state index >= 15 is 0 Å². The van der Waals surface area contributed by atoms with Gasteiger partial charge in [-0.15, -0.1) is 0 Å². The number of pyridine rings is 1. The summed E-state index contributed by atoms with van der Waals surface area (Å²) in [6.07, 6.45) is 0. The van der Waals surface area contributed by atoms with E-state index in [1.165, 1.54) is 18.2 Å². The Bertz CT molecular complexity index is 1980. The van der Waals surface area contributed by atoms with Crippen molar-refractivity contribution in [3.63, 3.8) is 0 Å². The van der Waals surface area contributed by atoms with E-state index in [0.717, 1.165) is 5.56 Å². The summed E-state index contributed by atoms with van der Waals surface area (Å²) in [5, 5.41) is 19.9. The second-order valence-corrected chi connectivity index (χ2v) is 11.2. The van der Waals surface area contributed by atoms with Crippen LogP contribution in [-0.2, 0) is 15.4 Å². The lowest BCUT2D eigenvalue weighted by Gasteiger charge is -2.16. The molecule has 0 aliphatic heterocycles. The molecule has 0 atom stereocenters. The van der Waals surface area contributed by atoms with Crippen LogP contribution < -0.4 is 5.69 Å². The lowest BCUT2D eigenvalue weighted by atomic mass is 9.86. The predicted molar refractivity (Wildman–Crippen MR) is 141 cm³/mol. The lowest BCUT2D eigenvalue weighted by molar-refractivity contribution is 0.587. The van der Waals surface area contributed by atoms with Gasteiger partial charge < -0.3 is 4.98 Å². The molecule has 10 heteroatoms. The zero-order valence-corrected chi connectivity index (χ0v) is 21.2. The van der Waals surface area contributed by atoms with E-state index in [0.29, 0.717) is 25.5 Å². The van der Waals surface area contributed by atoms with E-state index in [-0.39, 0.29) is 27.2 Å². The molecule has 3 aromatic carbocycles. The number of hydrogen-bond acceptors (Lipinski definition) is 6. The summed E-state index contributed by atoms with van der Waals surface area (Å²) in [6.45, 7) is 3.59. The molecule has 37 heavy (non-hydrogen) atoms. The van der Waals surface area contributed by atoms with Gasteiger partial charge in [0.1, 0.15) is 16.5 Å². The van der Waals surface area contributed by atoms with Crippen LogP contribution in [0.2, 0.25) is 5.02 Å². The van der Waals surface area contributed by atoms with Gasteiger partial charge in [0.2, 0.25) is 0 Å². The normalized spacial score (nSPS) is 11.9. The van der Waals surface area contributed by atoms with Crippen LogP contribution in [0, 0.1) is 22.7 Å². The molecule has 182 valence electrons. The number of benzene rings is 3. The van der Waals surface area contributed by atoms with Crippen molar-refractivity contribution < 1.29 is 8.42 Å². The third-order valence-corrected chi connectivity index (χ3v) is 8.20. The highest BCUT2D eigenvalue weighted by molar-refractivity contribution is 7.90. The average Bonchev–Trinajstić information content (AvgIpc) is 3.26. The van der Waals surface area contributed by atoms with Crippen molar-refractivity contribution in [1.82, 2.24) is 13.9 Å². The topological polar surface area (TPSA) is 132 Å². The van der Waals surface area contributed by atoms with Crippen molar-refractivity contribution in [3.05, 3.63) is 93.4 Å². The zero-order chi connectivity index (χ0) is 26.5. The number of nitriles is 2. The maximum Gasteiger partial charge on any atom is 0.340 e. The number of rotatable bonds is 4. The summed E-state index contributed by atoms with van der Waals surface area (Å²) >= 11 is 6.21. The maximum absolute atomic E-state index is 13.8. The SMILES string of the molecule is CC(C)(C#N)c1ccc(-c2nc3ccc(Cl)cc3c3[nH]c(=O)n(S(=O)(=O)c4ccccc4C#N)c23)cc1. The number of imidazole rings is 1. The molecule has 0 saturated carbocycles. The van der Waals surface area contributed by atoms with Crippen molar-refractivity contribution in [1.29, 1.82) is 10.5 Å². The molecule has 1 N–H and O–H groups in total. The Balaban J connectivity index is 1.90. The van der Waals surface area contributed by atoms with Gasteiger partial charge >= 0.3 is 5.69 Å². The number of fused-ring (bicyclic) bond motifs is 3. The summed E-state index contributed by atoms with van der Waals surface area (Å²) in [6, 6.07) is 21.8. The lowest BCUT2D eigenvalue weighted by Crippen LogP contribution is -2.26. The minimum absolute atomic E-state index is 0.0276. The van der Waals surface area contributed by atoms with Crippen LogP contribution in [0.25, 0.3) is 33.2 Å². The molecular formula is C27H18ClN5O3S. The third-order valence-electron chi connectivity index (χ3n) is 6.23. The van der Waals surface area contributed by atoms with Gasteiger partial charge in [-0.3, -0.25) is 0 Å². The first-order chi connectivity index (χ1) is 17.6. The fourth-order valence-corrected chi connectivity index (χ4v) is 5.92. The van der Waals surface area contributed by atoms with Crippen molar-refractivity contribution in [3.8, 4) is 23.4 Å². The maximum atomic E-state index is 13.8. The number of halogens is 1. The Morgan fingerprint density at radius 1 is 1.03 bits per heavy atom. The van der Waals surface area contributed by atoms with Crippen molar-refractivity contribution in [2.45, 2.75) is 24.2 Å². The fraction of sp³-hybridized carbons (Fsp3) is 0.111. The fourth-order valence-electron chi connectivity index (χ4n) is 4.23. The van der Waals surface area contributed by atoms with E-state index in [9.17, 15) is 23.7 Å². The summed E-state index contributed by atoms with van der Waals surface area (Å²) < 4.78 is 28.3. The van der Waals surface area contributed by atoms with Crippen molar-refractivity contribution in [2.24, 2.45) is 0 Å². The molecular weight excluding hydrogens is 510 g/mol. The van der Waals surface area contributed by atoms with Gasteiger partial charge in [0.05, 0.1) is 33.8 Å². The molecule has 5 aromatic rings. The van der Waals surface area contributed by atoms with Crippen LogP contribution in [0.3, 0.4) is 0 Å². The molecule has 2 aromatic heterocycles. The van der Waals surface area contributed by atoms with E-state index in [1.807, 2.05) is 6.07 Å². The number of aromatic nitrogens is 3. The Kier molecular flexibility index (Phi) is 5.64. The minimum atomic E-state index is -4.51. The number of H-pyrrole nitrogens is 1. The van der Waals surface area contributed by atoms with Gasteiger partial charge in [-0.05, 0) is 49.7 Å². The van der Waals surface area contributed by atoms with Gasteiger partial charge in [0.15, 0.2) is 0 Å². The Morgan fingerprint density at radius 2 is 1.73 bits per heavy atom. The molecule has 0 amide bonds. The van der Waals surface area contributed by atoms with E-state index < -0.39 is 21.1 Å². The Hall–Kier alpha value is -4.44. The first-order valence-corrected chi connectivity index (χ1v) is 12.9. The minimum Gasteiger partial charge on any atom is -0.304 e. The first-order valence-electron chi connectivity index (χ1n) is 11.1. The van der Waals surface area contributed by atoms with Gasteiger partial charge in [-0.1, -0.05) is 48.0 Å². The molecule has 0 saturated heterocycles. The molecule has 5 rings (SSSR count). The monoisotopic (exact) mass is 527 g/mol. The standard InChI is InChI=1S/C27H18ClN5O3S/c1-27(2,15-30)18-9-7-16(8-10-18)23-25-24(20-13-19(28)11-12-21(20)31-23)32-26(34)33(25)37(35,36)22-6-4-3-5-17(22)14-29/h3-13H,1-2H3,(H,32,34). The molecule has 0 aliphatic carbocycles. The van der Waals surface area contributed by atoms with E-state index in [1.54, 1.807) is 62.4 Å². The second-order valence-electron chi connectivity index (χ2n) is 8.97. The molecule has 0 aliphatic rings. The molecule has 2 heterocycles. The van der Waals surface area contributed by atoms with Crippen LogP contribution in [-0.4, -0.2) is 22.4 Å². The van der Waals surface area contributed by atoms with Gasteiger partial charge in [-0.25, -0.2) is 18.2 Å². The average molecular weight is 528 g/mol. The van der Waals surface area contributed by atoms with Crippen LogP contribution >= 0.6 is 11.6 Å². The molecule has 8 nitrogen and oxygen atoms in total. The quantitative estimate of drug-likeness (QED) is 0.345. The first kappa shape index (κ1) is 24.3. The van der Waals surface area contributed by atoms with Crippen LogP contribution in [0.1, 0.15) is 25.0 Å². The summed E-state index contributed by atoms with van der Waals surface area (Å²) in [5.74, 6) is 0. The van der Waals surface area contributed by atoms with E-state index in [4.69, 9.17) is 16.6 Å². The number of nitrogens with zero attached hydrogens (tertiary/aromatic N) is 4. The number of nitrogens with one attached hydrogen (secondary N) is 1. The zero-order valence-electron chi connectivity index (χ0n) is 19.7. The number of aromatic amines is 1. The number of hydrogen-bond donors (Lipinski definition) is 1. The Morgan fingerprint density at radius 3 is 2.41 bits per heavy atom. The van der Waals surface area contributed by atoms with E-state index in [2.05, 4.69) is 11.1 Å². The highest BCUT2D eigenvalue weighted by Gasteiger charge is 2.29. The molecule has 0 spiro atoms. The molecule has 0 fully saturated rings. The second kappa shape index (κ2) is 8.59. The summed E-state index contributed by atoms with van der Waals surface area (Å²) in [7, 11) is -4.51. The van der Waals surface area contributed by atoms with Gasteiger partial charge in [-0.2, -0.15) is 14.5 Å². The predicted octanol–water partition coefficient (Wildman–Crippen LogP) is 5.11. The van der Waals surface area contributed by atoms with Crippen molar-refractivity contribution in [2.75, 3.05) is 0 Å². The van der Waals surface area contributed by atoms with Crippen LogP contribution in [0.15, 0.2) is 76.4 Å². The molecule has 0 unspecified atom stereocenters. The molecule has 0 bridgehead atoms. The molecule has 0 radical (unpaired) electrons. The third kappa shape index (κ3) is 3.86. The van der Waals surface area contributed by atoms with Gasteiger partial charge in [0, 0.05) is 16.0 Å². The largest absolute Gasteiger partial charge is 0.340 e. The van der Waals surface area contributed by atoms with Gasteiger partial charge in [0.25, 0.3) is 10.0 Å². The van der Waals surface area contributed by atoms with Crippen LogP contribution in [0.4, 0.5) is 0 Å². The Labute approximate surface area is 217 Å². The summed E-state index contributed by atoms with van der Waals surface area (Å²) in [5.41, 5.74) is 0.582. The highest BCUT2D eigenvalue weighted by Crippen LogP contribution is 2.35. The smallest absolute Gasteiger partial charge is 0.304 e. The summed E-state index contributed by atoms with van der Waals surface area (Å²) in [4.78, 5) is 20.3. The van der Waals surface area contributed by atoms with Crippen LogP contribution in [0.5, 0.6) is 0 Å².